The highest BCUT2D eigenvalue weighted by Gasteiger charge is 2.30. The Hall–Kier alpha value is -0.610. The van der Waals surface area contributed by atoms with Crippen molar-refractivity contribution in [2.45, 2.75) is 18.6 Å². The second-order valence-electron chi connectivity index (χ2n) is 2.37. The fraction of sp³-hybridized carbons (Fsp3) is 0.800. The molecule has 0 unspecified atom stereocenters. The second kappa shape index (κ2) is 2.33. The largest absolute Gasteiger partial charge is 0.387 e. The molecule has 9 heavy (non-hydrogen) atoms. The minimum absolute atomic E-state index is 0.194. The summed E-state index contributed by atoms with van der Waals surface area (Å²) >= 11 is 0. The van der Waals surface area contributed by atoms with Crippen molar-refractivity contribution in [2.24, 2.45) is 5.73 Å². The number of carbonyl (C=O) groups is 1. The van der Waals surface area contributed by atoms with Crippen LogP contribution in [0.3, 0.4) is 0 Å². The van der Waals surface area contributed by atoms with Gasteiger partial charge in [-0.2, -0.15) is 0 Å². The first-order chi connectivity index (χ1) is 4.20. The molecule has 4 heteroatoms. The van der Waals surface area contributed by atoms with Gasteiger partial charge in [-0.05, 0) is 0 Å². The Labute approximate surface area is 53.0 Å². The van der Waals surface area contributed by atoms with E-state index >= 15 is 0 Å². The van der Waals surface area contributed by atoms with E-state index in [1.807, 2.05) is 0 Å². The first-order valence-corrected chi connectivity index (χ1v) is 3.01. The Morgan fingerprint density at radius 2 is 2.44 bits per heavy atom. The molecule has 52 valence electrons. The van der Waals surface area contributed by atoms with Crippen LogP contribution in [0.2, 0.25) is 0 Å². The quantitative estimate of drug-likeness (QED) is 0.358. The summed E-state index contributed by atoms with van der Waals surface area (Å²) in [5.41, 5.74) is 4.98. The molecule has 0 saturated carbocycles. The third-order valence-electron chi connectivity index (χ3n) is 1.58. The summed E-state index contributed by atoms with van der Waals surface area (Å²) in [7, 11) is 0. The van der Waals surface area contributed by atoms with Crippen LogP contribution in [0.5, 0.6) is 0 Å². The summed E-state index contributed by atoms with van der Waals surface area (Å²) in [5, 5.41) is 10.7. The Bertz CT molecular complexity index is 126. The molecule has 2 atom stereocenters. The normalized spacial score (nSPS) is 34.8. The van der Waals surface area contributed by atoms with E-state index in [1.165, 1.54) is 0 Å². The molecule has 1 aliphatic rings. The number of quaternary nitrogens is 1. The maximum absolute atomic E-state index is 10.4. The minimum Gasteiger partial charge on any atom is -0.387 e. The average molecular weight is 131 g/mol. The van der Waals surface area contributed by atoms with Crippen LogP contribution in [0.25, 0.3) is 0 Å². The molecular formula is C5H11N2O2+. The van der Waals surface area contributed by atoms with Crippen LogP contribution in [-0.4, -0.2) is 29.7 Å². The van der Waals surface area contributed by atoms with Gasteiger partial charge in [-0.1, -0.05) is 0 Å². The molecule has 1 heterocycles. The average Bonchev–Trinajstić information content (AvgIpc) is 2.14. The summed E-state index contributed by atoms with van der Waals surface area (Å²) in [4.78, 5) is 10.4. The van der Waals surface area contributed by atoms with Gasteiger partial charge in [0.15, 0.2) is 6.04 Å². The molecule has 1 fully saturated rings. The zero-order chi connectivity index (χ0) is 6.85. The number of nitrogens with two attached hydrogens (primary N) is 2. The predicted octanol–water partition coefficient (Wildman–Crippen LogP) is -2.83. The molecule has 0 aromatic heterocycles. The van der Waals surface area contributed by atoms with Gasteiger partial charge in [0.2, 0.25) is 0 Å². The van der Waals surface area contributed by atoms with Crippen molar-refractivity contribution in [1.29, 1.82) is 0 Å². The third kappa shape index (κ3) is 1.40. The highest BCUT2D eigenvalue weighted by Crippen LogP contribution is 1.96. The fourth-order valence-electron chi connectivity index (χ4n) is 1.04. The van der Waals surface area contributed by atoms with Gasteiger partial charge in [-0.15, -0.1) is 0 Å². The topological polar surface area (TPSA) is 79.9 Å². The number of aliphatic hydroxyl groups excluding tert-OH is 1. The van der Waals surface area contributed by atoms with Crippen LogP contribution < -0.4 is 11.1 Å². The molecule has 1 amide bonds. The molecule has 4 nitrogen and oxygen atoms in total. The molecule has 0 aromatic carbocycles. The fourth-order valence-corrected chi connectivity index (χ4v) is 1.04. The van der Waals surface area contributed by atoms with Gasteiger partial charge in [-0.25, -0.2) is 0 Å². The molecule has 0 bridgehead atoms. The number of amides is 1. The van der Waals surface area contributed by atoms with Gasteiger partial charge >= 0.3 is 0 Å². The highest BCUT2D eigenvalue weighted by molar-refractivity contribution is 5.78. The lowest BCUT2D eigenvalue weighted by atomic mass is 10.2. The lowest BCUT2D eigenvalue weighted by molar-refractivity contribution is -0.659. The maximum Gasteiger partial charge on any atom is 0.275 e. The molecule has 1 rings (SSSR count). The van der Waals surface area contributed by atoms with Crippen LogP contribution in [0.1, 0.15) is 6.42 Å². The number of aliphatic hydroxyl groups is 1. The zero-order valence-electron chi connectivity index (χ0n) is 5.08. The summed E-state index contributed by atoms with van der Waals surface area (Å²) in [6.07, 6.45) is 0.164. The smallest absolute Gasteiger partial charge is 0.275 e. The van der Waals surface area contributed by atoms with Crippen LogP contribution in [0.15, 0.2) is 0 Å². The van der Waals surface area contributed by atoms with Crippen LogP contribution in [0, 0.1) is 0 Å². The SMILES string of the molecule is NC(=O)[C@@H]1C[C@@H](O)C[NH2+]1. The van der Waals surface area contributed by atoms with Crippen LogP contribution in [-0.2, 0) is 4.79 Å². The van der Waals surface area contributed by atoms with Crippen molar-refractivity contribution in [1.82, 2.24) is 0 Å². The first kappa shape index (κ1) is 6.51. The van der Waals surface area contributed by atoms with E-state index < -0.39 is 0 Å². The molecule has 1 aliphatic heterocycles. The van der Waals surface area contributed by atoms with Gasteiger partial charge < -0.3 is 16.2 Å². The second-order valence-corrected chi connectivity index (χ2v) is 2.37. The van der Waals surface area contributed by atoms with Gasteiger partial charge in [0.05, 0.1) is 0 Å². The molecule has 5 N–H and O–H groups in total. The minimum atomic E-state index is -0.345. The standard InChI is InChI=1S/C5H10N2O2/c6-5(9)4-1-3(8)2-7-4/h3-4,7-8H,1-2H2,(H2,6,9)/p+1/t3-,4+/m1/s1. The van der Waals surface area contributed by atoms with Gasteiger partial charge in [0, 0.05) is 6.42 Å². The molecule has 0 aromatic rings. The molecule has 1 saturated heterocycles. The summed E-state index contributed by atoms with van der Waals surface area (Å²) < 4.78 is 0. The lowest BCUT2D eigenvalue weighted by Gasteiger charge is -1.97. The highest BCUT2D eigenvalue weighted by atomic mass is 16.3. The number of rotatable bonds is 1. The zero-order valence-corrected chi connectivity index (χ0v) is 5.08. The van der Waals surface area contributed by atoms with Crippen molar-refractivity contribution < 1.29 is 15.2 Å². The Morgan fingerprint density at radius 1 is 1.78 bits per heavy atom. The monoisotopic (exact) mass is 131 g/mol. The van der Waals surface area contributed by atoms with Crippen molar-refractivity contribution in [2.75, 3.05) is 6.54 Å². The molecular weight excluding hydrogens is 120 g/mol. The Kier molecular flexibility index (Phi) is 1.68. The number of carbonyl (C=O) groups excluding carboxylic acids is 1. The summed E-state index contributed by atoms with van der Waals surface area (Å²) in [6, 6.07) is -0.194. The van der Waals surface area contributed by atoms with E-state index in [9.17, 15) is 4.79 Å². The Morgan fingerprint density at radius 3 is 2.67 bits per heavy atom. The van der Waals surface area contributed by atoms with Crippen LogP contribution in [0.4, 0.5) is 0 Å². The summed E-state index contributed by atoms with van der Waals surface area (Å²) in [5.74, 6) is -0.327. The van der Waals surface area contributed by atoms with Crippen molar-refractivity contribution >= 4 is 5.91 Å². The van der Waals surface area contributed by atoms with Gasteiger partial charge in [0.25, 0.3) is 5.91 Å². The first-order valence-electron chi connectivity index (χ1n) is 3.01. The third-order valence-corrected chi connectivity index (χ3v) is 1.58. The van der Waals surface area contributed by atoms with Crippen molar-refractivity contribution in [3.63, 3.8) is 0 Å². The molecule has 0 aliphatic carbocycles. The van der Waals surface area contributed by atoms with Crippen LogP contribution >= 0.6 is 0 Å². The maximum atomic E-state index is 10.4. The molecule has 0 radical (unpaired) electrons. The summed E-state index contributed by atoms with van der Waals surface area (Å²) in [6.45, 7) is 0.605. The van der Waals surface area contributed by atoms with Gasteiger partial charge in [-0.3, -0.25) is 4.79 Å². The van der Waals surface area contributed by atoms with E-state index in [4.69, 9.17) is 10.8 Å². The molecule has 0 spiro atoms. The van der Waals surface area contributed by atoms with E-state index in [2.05, 4.69) is 0 Å². The van der Waals surface area contributed by atoms with Gasteiger partial charge in [0.1, 0.15) is 12.6 Å². The van der Waals surface area contributed by atoms with E-state index in [0.717, 1.165) is 0 Å². The van der Waals surface area contributed by atoms with Crippen molar-refractivity contribution in [3.8, 4) is 0 Å². The van der Waals surface area contributed by atoms with E-state index in [0.29, 0.717) is 13.0 Å². The lowest BCUT2D eigenvalue weighted by Crippen LogP contribution is -2.89. The number of hydrogen-bond acceptors (Lipinski definition) is 2. The van der Waals surface area contributed by atoms with E-state index in [-0.39, 0.29) is 18.1 Å². The predicted molar refractivity (Wildman–Crippen MR) is 30.4 cm³/mol. The van der Waals surface area contributed by atoms with Crippen molar-refractivity contribution in [3.05, 3.63) is 0 Å². The van der Waals surface area contributed by atoms with E-state index in [1.54, 1.807) is 5.32 Å². The number of primary amides is 1. The Balaban J connectivity index is 2.39. The number of hydrogen-bond donors (Lipinski definition) is 3.